The fourth-order valence-electron chi connectivity index (χ4n) is 2.93. The van der Waals surface area contributed by atoms with Gasteiger partial charge in [-0.1, -0.05) is 6.07 Å². The van der Waals surface area contributed by atoms with E-state index >= 15 is 0 Å². The third kappa shape index (κ3) is 2.55. The number of hydrogen-bond donors (Lipinski definition) is 2. The molecule has 1 saturated heterocycles. The second-order valence-corrected chi connectivity index (χ2v) is 5.35. The average molecular weight is 282 g/mol. The molecule has 5 heteroatoms. The fourth-order valence-corrected chi connectivity index (χ4v) is 2.93. The van der Waals surface area contributed by atoms with Crippen LogP contribution in [0.3, 0.4) is 0 Å². The number of aromatic nitrogens is 2. The molecule has 0 aliphatic carbocycles. The number of piperidine rings is 1. The molecule has 104 valence electrons. The lowest BCUT2D eigenvalue weighted by Gasteiger charge is -2.28. The molecule has 1 fully saturated rings. The number of imidazole rings is 1. The molecule has 0 spiro atoms. The summed E-state index contributed by atoms with van der Waals surface area (Å²) in [6.07, 6.45) is 2.03. The first-order valence-electron chi connectivity index (χ1n) is 6.59. The first kappa shape index (κ1) is 14.2. The molecule has 2 heterocycles. The van der Waals surface area contributed by atoms with Gasteiger partial charge in [-0.2, -0.15) is 0 Å². The van der Waals surface area contributed by atoms with Crippen LogP contribution in [0.25, 0.3) is 11.0 Å². The summed E-state index contributed by atoms with van der Waals surface area (Å²) < 4.78 is 1.94. The number of hydrogen-bond acceptors (Lipinski definition) is 2. The van der Waals surface area contributed by atoms with Crippen LogP contribution in [-0.2, 0) is 0 Å². The van der Waals surface area contributed by atoms with Crippen LogP contribution in [-0.4, -0.2) is 22.1 Å². The predicted molar refractivity (Wildman–Crippen MR) is 80.3 cm³/mol. The topological polar surface area (TPSA) is 49.8 Å². The highest BCUT2D eigenvalue weighted by molar-refractivity contribution is 5.85. The van der Waals surface area contributed by atoms with Gasteiger partial charge < -0.3 is 10.3 Å². The van der Waals surface area contributed by atoms with Crippen LogP contribution >= 0.6 is 12.4 Å². The molecule has 0 amide bonds. The number of nitrogens with one attached hydrogen (secondary N) is 2. The van der Waals surface area contributed by atoms with Gasteiger partial charge in [0, 0.05) is 12.1 Å². The minimum absolute atomic E-state index is 0. The SMILES string of the molecule is Cc1ccc2[nH]c(=O)n(C3CCNC(C)C3)c2c1.Cl. The molecular weight excluding hydrogens is 262 g/mol. The molecule has 1 aromatic heterocycles. The molecule has 1 aromatic carbocycles. The third-order valence-corrected chi connectivity index (χ3v) is 3.83. The van der Waals surface area contributed by atoms with Crippen molar-refractivity contribution in [2.45, 2.75) is 38.8 Å². The molecule has 1 aliphatic heterocycles. The Morgan fingerprint density at radius 2 is 2.16 bits per heavy atom. The van der Waals surface area contributed by atoms with Crippen LogP contribution in [0, 0.1) is 6.92 Å². The maximum Gasteiger partial charge on any atom is 0.326 e. The lowest BCUT2D eigenvalue weighted by Crippen LogP contribution is -2.38. The Kier molecular flexibility index (Phi) is 4.02. The Morgan fingerprint density at radius 1 is 1.37 bits per heavy atom. The minimum atomic E-state index is 0. The summed E-state index contributed by atoms with van der Waals surface area (Å²) >= 11 is 0. The van der Waals surface area contributed by atoms with Crippen LogP contribution in [0.5, 0.6) is 0 Å². The van der Waals surface area contributed by atoms with Gasteiger partial charge >= 0.3 is 5.69 Å². The van der Waals surface area contributed by atoms with Gasteiger partial charge in [-0.05, 0) is 50.9 Å². The van der Waals surface area contributed by atoms with Crippen LogP contribution in [0.1, 0.15) is 31.4 Å². The number of nitrogens with zero attached hydrogens (tertiary/aromatic N) is 1. The zero-order chi connectivity index (χ0) is 12.7. The Labute approximate surface area is 118 Å². The van der Waals surface area contributed by atoms with Gasteiger partial charge in [-0.3, -0.25) is 4.57 Å². The van der Waals surface area contributed by atoms with Crippen molar-refractivity contribution in [1.29, 1.82) is 0 Å². The van der Waals surface area contributed by atoms with E-state index in [1.165, 1.54) is 5.56 Å². The maximum absolute atomic E-state index is 12.1. The van der Waals surface area contributed by atoms with Gasteiger partial charge in [0.25, 0.3) is 0 Å². The normalized spacial score (nSPS) is 23.3. The van der Waals surface area contributed by atoms with E-state index in [1.807, 2.05) is 16.7 Å². The molecule has 19 heavy (non-hydrogen) atoms. The molecule has 4 nitrogen and oxygen atoms in total. The van der Waals surface area contributed by atoms with Gasteiger partial charge in [0.15, 0.2) is 0 Å². The van der Waals surface area contributed by atoms with Crippen LogP contribution in [0.15, 0.2) is 23.0 Å². The summed E-state index contributed by atoms with van der Waals surface area (Å²) in [6.45, 7) is 5.22. The highest BCUT2D eigenvalue weighted by Crippen LogP contribution is 2.24. The Hall–Kier alpha value is -1.26. The maximum atomic E-state index is 12.1. The highest BCUT2D eigenvalue weighted by atomic mass is 35.5. The first-order chi connectivity index (χ1) is 8.65. The zero-order valence-corrected chi connectivity index (χ0v) is 12.1. The number of rotatable bonds is 1. The van der Waals surface area contributed by atoms with Crippen molar-refractivity contribution in [3.8, 4) is 0 Å². The lowest BCUT2D eigenvalue weighted by molar-refractivity contribution is 0.314. The van der Waals surface area contributed by atoms with Crippen molar-refractivity contribution >= 4 is 23.4 Å². The quantitative estimate of drug-likeness (QED) is 0.843. The number of benzene rings is 1. The Morgan fingerprint density at radius 3 is 2.89 bits per heavy atom. The molecule has 2 aromatic rings. The van der Waals surface area contributed by atoms with Crippen LogP contribution < -0.4 is 11.0 Å². The van der Waals surface area contributed by atoms with E-state index in [0.29, 0.717) is 12.1 Å². The molecule has 2 unspecified atom stereocenters. The summed E-state index contributed by atoms with van der Waals surface area (Å²) in [5.41, 5.74) is 3.20. The molecule has 1 aliphatic rings. The minimum Gasteiger partial charge on any atom is -0.314 e. The Bertz CT molecular complexity index is 631. The number of H-pyrrole nitrogens is 1. The number of aryl methyl sites for hydroxylation is 1. The molecule has 0 radical (unpaired) electrons. The average Bonchev–Trinajstić information content (AvgIpc) is 2.64. The monoisotopic (exact) mass is 281 g/mol. The van der Waals surface area contributed by atoms with E-state index in [-0.39, 0.29) is 18.1 Å². The molecule has 2 atom stereocenters. The molecular formula is C14H20ClN3O. The van der Waals surface area contributed by atoms with E-state index in [4.69, 9.17) is 0 Å². The standard InChI is InChI=1S/C14H19N3O.ClH/c1-9-3-4-12-13(7-9)17(14(18)16-12)11-5-6-15-10(2)8-11;/h3-4,7,10-11,15H,5-6,8H2,1-2H3,(H,16,18);1H. The third-order valence-electron chi connectivity index (χ3n) is 3.83. The number of aromatic amines is 1. The van der Waals surface area contributed by atoms with Gasteiger partial charge in [0.05, 0.1) is 11.0 Å². The van der Waals surface area contributed by atoms with Crippen molar-refractivity contribution in [2.75, 3.05) is 6.54 Å². The largest absolute Gasteiger partial charge is 0.326 e. The van der Waals surface area contributed by atoms with Gasteiger partial charge in [0.1, 0.15) is 0 Å². The van der Waals surface area contributed by atoms with Gasteiger partial charge in [0.2, 0.25) is 0 Å². The summed E-state index contributed by atoms with van der Waals surface area (Å²) in [5, 5.41) is 3.43. The smallest absolute Gasteiger partial charge is 0.314 e. The first-order valence-corrected chi connectivity index (χ1v) is 6.59. The molecule has 0 saturated carbocycles. The van der Waals surface area contributed by atoms with Crippen molar-refractivity contribution in [3.63, 3.8) is 0 Å². The summed E-state index contributed by atoms with van der Waals surface area (Å²) in [5.74, 6) is 0. The van der Waals surface area contributed by atoms with Crippen LogP contribution in [0.2, 0.25) is 0 Å². The number of halogens is 1. The second kappa shape index (κ2) is 5.39. The second-order valence-electron chi connectivity index (χ2n) is 5.35. The summed E-state index contributed by atoms with van der Waals surface area (Å²) in [4.78, 5) is 15.1. The molecule has 3 rings (SSSR count). The van der Waals surface area contributed by atoms with E-state index in [0.717, 1.165) is 30.4 Å². The van der Waals surface area contributed by atoms with Crippen molar-refractivity contribution in [2.24, 2.45) is 0 Å². The van der Waals surface area contributed by atoms with Crippen molar-refractivity contribution in [3.05, 3.63) is 34.2 Å². The zero-order valence-electron chi connectivity index (χ0n) is 11.3. The van der Waals surface area contributed by atoms with E-state index in [2.05, 4.69) is 30.2 Å². The predicted octanol–water partition coefficient (Wildman–Crippen LogP) is 2.37. The van der Waals surface area contributed by atoms with E-state index < -0.39 is 0 Å². The highest BCUT2D eigenvalue weighted by Gasteiger charge is 2.22. The molecule has 0 bridgehead atoms. The summed E-state index contributed by atoms with van der Waals surface area (Å²) in [6, 6.07) is 6.91. The summed E-state index contributed by atoms with van der Waals surface area (Å²) in [7, 11) is 0. The lowest BCUT2D eigenvalue weighted by atomic mass is 10.0. The van der Waals surface area contributed by atoms with Gasteiger partial charge in [-0.15, -0.1) is 12.4 Å². The molecule has 2 N–H and O–H groups in total. The van der Waals surface area contributed by atoms with Crippen molar-refractivity contribution < 1.29 is 0 Å². The van der Waals surface area contributed by atoms with E-state index in [1.54, 1.807) is 0 Å². The van der Waals surface area contributed by atoms with Crippen molar-refractivity contribution in [1.82, 2.24) is 14.9 Å². The number of fused-ring (bicyclic) bond motifs is 1. The van der Waals surface area contributed by atoms with E-state index in [9.17, 15) is 4.79 Å². The van der Waals surface area contributed by atoms with Gasteiger partial charge in [-0.25, -0.2) is 4.79 Å². The fraction of sp³-hybridized carbons (Fsp3) is 0.500. The Balaban J connectivity index is 0.00000133. The van der Waals surface area contributed by atoms with Crippen LogP contribution in [0.4, 0.5) is 0 Å².